The van der Waals surface area contributed by atoms with Gasteiger partial charge in [-0.2, -0.15) is 0 Å². The Hall–Kier alpha value is -2.75. The fourth-order valence-electron chi connectivity index (χ4n) is 3.09. The summed E-state index contributed by atoms with van der Waals surface area (Å²) in [5.41, 5.74) is 1.07. The first-order valence-electron chi connectivity index (χ1n) is 9.94. The first-order chi connectivity index (χ1) is 15.3. The number of benzene rings is 2. The highest BCUT2D eigenvalue weighted by Crippen LogP contribution is 2.21. The van der Waals surface area contributed by atoms with E-state index in [-0.39, 0.29) is 34.8 Å². The van der Waals surface area contributed by atoms with E-state index in [1.165, 1.54) is 35.3 Å². The van der Waals surface area contributed by atoms with Crippen molar-refractivity contribution in [2.24, 2.45) is 4.99 Å². The molecule has 170 valence electrons. The molecule has 0 bridgehead atoms. The summed E-state index contributed by atoms with van der Waals surface area (Å²) in [6.07, 6.45) is 2.84. The van der Waals surface area contributed by atoms with E-state index in [2.05, 4.69) is 15.6 Å². The molecule has 2 aromatic carbocycles. The molecule has 7 nitrogen and oxygen atoms in total. The number of carbonyl (C=O) groups is 1. The van der Waals surface area contributed by atoms with Crippen molar-refractivity contribution in [3.8, 4) is 0 Å². The molecule has 1 amide bonds. The summed E-state index contributed by atoms with van der Waals surface area (Å²) in [5.74, 6) is -0.380. The van der Waals surface area contributed by atoms with Gasteiger partial charge >= 0.3 is 0 Å². The predicted octanol–water partition coefficient (Wildman–Crippen LogP) is 2.36. The Labute approximate surface area is 191 Å². The second kappa shape index (κ2) is 10.7. The smallest absolute Gasteiger partial charge is 0.246 e. The van der Waals surface area contributed by atoms with Crippen LogP contribution in [0.25, 0.3) is 0 Å². The van der Waals surface area contributed by atoms with Crippen LogP contribution in [0.1, 0.15) is 11.1 Å². The Morgan fingerprint density at radius 3 is 2.78 bits per heavy atom. The summed E-state index contributed by atoms with van der Waals surface area (Å²) in [7, 11) is -2.02. The van der Waals surface area contributed by atoms with Crippen LogP contribution in [0.5, 0.6) is 0 Å². The predicted molar refractivity (Wildman–Crippen MR) is 123 cm³/mol. The number of carbonyl (C=O) groups excluding carboxylic acids is 1. The molecule has 2 N–H and O–H groups in total. The summed E-state index contributed by atoms with van der Waals surface area (Å²) in [6.45, 7) is 1.68. The molecule has 0 aromatic heterocycles. The fraction of sp³-hybridized carbons (Fsp3) is 0.273. The van der Waals surface area contributed by atoms with Crippen LogP contribution < -0.4 is 10.6 Å². The Bertz CT molecular complexity index is 1150. The van der Waals surface area contributed by atoms with Gasteiger partial charge in [0.05, 0.1) is 16.5 Å². The SMILES string of the molecule is CN(Cc1ccc(C2=NCCN2)cc1F)C(=O)C=CCNCS(=O)(=O)c1ccccc1Cl. The van der Waals surface area contributed by atoms with E-state index in [0.717, 1.165) is 6.54 Å². The van der Waals surface area contributed by atoms with Crippen molar-refractivity contribution in [2.45, 2.75) is 11.4 Å². The molecule has 0 aliphatic carbocycles. The molecule has 0 saturated carbocycles. The van der Waals surface area contributed by atoms with Crippen LogP contribution in [-0.4, -0.2) is 57.6 Å². The van der Waals surface area contributed by atoms with Crippen molar-refractivity contribution in [1.82, 2.24) is 15.5 Å². The van der Waals surface area contributed by atoms with Gasteiger partial charge in [-0.25, -0.2) is 12.8 Å². The minimum absolute atomic E-state index is 0.0535. The normalized spacial score (nSPS) is 13.8. The molecule has 0 fully saturated rings. The maximum absolute atomic E-state index is 14.4. The monoisotopic (exact) mass is 478 g/mol. The van der Waals surface area contributed by atoms with Crippen LogP contribution in [0, 0.1) is 5.82 Å². The van der Waals surface area contributed by atoms with Gasteiger partial charge < -0.3 is 10.2 Å². The van der Waals surface area contributed by atoms with E-state index in [1.54, 1.807) is 31.3 Å². The number of nitrogens with zero attached hydrogens (tertiary/aromatic N) is 2. The summed E-state index contributed by atoms with van der Waals surface area (Å²) in [4.78, 5) is 18.0. The maximum Gasteiger partial charge on any atom is 0.246 e. The lowest BCUT2D eigenvalue weighted by Crippen LogP contribution is -2.26. The molecule has 32 heavy (non-hydrogen) atoms. The minimum atomic E-state index is -3.59. The number of halogens is 2. The van der Waals surface area contributed by atoms with Crippen molar-refractivity contribution >= 4 is 33.2 Å². The highest BCUT2D eigenvalue weighted by molar-refractivity contribution is 7.91. The molecule has 0 atom stereocenters. The lowest BCUT2D eigenvalue weighted by atomic mass is 10.1. The lowest BCUT2D eigenvalue weighted by molar-refractivity contribution is -0.125. The average molecular weight is 479 g/mol. The second-order valence-electron chi connectivity index (χ2n) is 7.20. The molecule has 1 aliphatic rings. The van der Waals surface area contributed by atoms with Gasteiger partial charge in [0.1, 0.15) is 17.5 Å². The van der Waals surface area contributed by atoms with Gasteiger partial charge in [0, 0.05) is 43.9 Å². The van der Waals surface area contributed by atoms with Gasteiger partial charge in [-0.15, -0.1) is 0 Å². The first-order valence-corrected chi connectivity index (χ1v) is 12.0. The van der Waals surface area contributed by atoms with Gasteiger partial charge in [-0.3, -0.25) is 15.1 Å². The number of hydrogen-bond acceptors (Lipinski definition) is 6. The summed E-state index contributed by atoms with van der Waals surface area (Å²) < 4.78 is 39.1. The minimum Gasteiger partial charge on any atom is -0.368 e. The van der Waals surface area contributed by atoms with E-state index in [9.17, 15) is 17.6 Å². The third kappa shape index (κ3) is 6.15. The third-order valence-electron chi connectivity index (χ3n) is 4.77. The Balaban J connectivity index is 1.48. The van der Waals surface area contributed by atoms with E-state index in [0.29, 0.717) is 23.5 Å². The van der Waals surface area contributed by atoms with Gasteiger partial charge in [0.15, 0.2) is 9.84 Å². The molecular formula is C22H24ClFN4O3S. The molecule has 1 heterocycles. The number of sulfone groups is 1. The number of aliphatic imine (C=N–C) groups is 1. The standard InChI is InChI=1S/C22H24ClFN4O3S/c1-28(14-17-9-8-16(13-19(17)24)22-26-11-12-27-22)21(29)7-4-10-25-15-32(30,31)20-6-3-2-5-18(20)23/h2-9,13,25H,10-12,14-15H2,1H3,(H,26,27). The first kappa shape index (κ1) is 23.9. The Kier molecular flexibility index (Phi) is 8.00. The zero-order chi connectivity index (χ0) is 23.1. The summed E-state index contributed by atoms with van der Waals surface area (Å²) >= 11 is 5.94. The van der Waals surface area contributed by atoms with E-state index >= 15 is 0 Å². The molecule has 0 spiro atoms. The number of amides is 1. The zero-order valence-electron chi connectivity index (χ0n) is 17.5. The molecule has 3 rings (SSSR count). The molecular weight excluding hydrogens is 455 g/mol. The zero-order valence-corrected chi connectivity index (χ0v) is 19.1. The van der Waals surface area contributed by atoms with Gasteiger partial charge in [0.2, 0.25) is 5.91 Å². The second-order valence-corrected chi connectivity index (χ2v) is 9.57. The summed E-state index contributed by atoms with van der Waals surface area (Å²) in [6, 6.07) is 11.0. The van der Waals surface area contributed by atoms with Crippen molar-refractivity contribution in [3.05, 3.63) is 76.6 Å². The molecule has 1 aliphatic heterocycles. The molecule has 0 saturated heterocycles. The van der Waals surface area contributed by atoms with Gasteiger partial charge in [0.25, 0.3) is 0 Å². The molecule has 0 unspecified atom stereocenters. The van der Waals surface area contributed by atoms with Gasteiger partial charge in [-0.1, -0.05) is 41.9 Å². The number of likely N-dealkylation sites (N-methyl/N-ethyl adjacent to an activating group) is 1. The fourth-order valence-corrected chi connectivity index (χ4v) is 4.77. The highest BCUT2D eigenvalue weighted by Gasteiger charge is 2.17. The van der Waals surface area contributed by atoms with Crippen molar-refractivity contribution in [1.29, 1.82) is 0 Å². The number of nitrogens with one attached hydrogen (secondary N) is 2. The molecule has 0 radical (unpaired) electrons. The largest absolute Gasteiger partial charge is 0.368 e. The van der Waals surface area contributed by atoms with Crippen molar-refractivity contribution in [2.75, 3.05) is 32.6 Å². The van der Waals surface area contributed by atoms with E-state index in [1.807, 2.05) is 0 Å². The lowest BCUT2D eigenvalue weighted by Gasteiger charge is -2.16. The van der Waals surface area contributed by atoms with Crippen LogP contribution >= 0.6 is 11.6 Å². The van der Waals surface area contributed by atoms with Crippen molar-refractivity contribution < 1.29 is 17.6 Å². The van der Waals surface area contributed by atoms with E-state index in [4.69, 9.17) is 11.6 Å². The summed E-state index contributed by atoms with van der Waals surface area (Å²) in [5, 5.41) is 6.01. The number of amidine groups is 1. The third-order valence-corrected chi connectivity index (χ3v) is 6.82. The molecule has 10 heteroatoms. The van der Waals surface area contributed by atoms with Crippen molar-refractivity contribution in [3.63, 3.8) is 0 Å². The quantitative estimate of drug-likeness (QED) is 0.426. The van der Waals surface area contributed by atoms with Crippen LogP contribution in [-0.2, 0) is 21.2 Å². The van der Waals surface area contributed by atoms with Crippen LogP contribution in [0.3, 0.4) is 0 Å². The van der Waals surface area contributed by atoms with Crippen LogP contribution in [0.4, 0.5) is 4.39 Å². The van der Waals surface area contributed by atoms with E-state index < -0.39 is 15.7 Å². The van der Waals surface area contributed by atoms with Crippen LogP contribution in [0.2, 0.25) is 5.02 Å². The highest BCUT2D eigenvalue weighted by atomic mass is 35.5. The average Bonchev–Trinajstić information content (AvgIpc) is 3.29. The Morgan fingerprint density at radius 2 is 2.09 bits per heavy atom. The number of hydrogen-bond donors (Lipinski definition) is 2. The topological polar surface area (TPSA) is 90.9 Å². The maximum atomic E-state index is 14.4. The van der Waals surface area contributed by atoms with Gasteiger partial charge in [-0.05, 0) is 18.2 Å². The Morgan fingerprint density at radius 1 is 1.31 bits per heavy atom. The van der Waals surface area contributed by atoms with Crippen LogP contribution in [0.15, 0.2) is 64.5 Å². The molecule has 2 aromatic rings. The number of rotatable bonds is 9.